The van der Waals surface area contributed by atoms with E-state index in [-0.39, 0.29) is 0 Å². The molecule has 0 saturated heterocycles. The fourth-order valence-corrected chi connectivity index (χ4v) is 2.20. The summed E-state index contributed by atoms with van der Waals surface area (Å²) in [6.07, 6.45) is 5.84. The van der Waals surface area contributed by atoms with Crippen LogP contribution in [0.5, 0.6) is 0 Å². The van der Waals surface area contributed by atoms with Crippen LogP contribution in [-0.4, -0.2) is 19.7 Å². The van der Waals surface area contributed by atoms with Gasteiger partial charge in [-0.15, -0.1) is 0 Å². The second kappa shape index (κ2) is 9.55. The third-order valence-electron chi connectivity index (χ3n) is 3.36. The summed E-state index contributed by atoms with van der Waals surface area (Å²) in [5.41, 5.74) is 3.95. The molecule has 118 valence electrons. The van der Waals surface area contributed by atoms with Crippen molar-refractivity contribution >= 4 is 5.69 Å². The van der Waals surface area contributed by atoms with Gasteiger partial charge in [0.15, 0.2) is 0 Å². The number of likely N-dealkylation sites (N-methyl/N-ethyl adjacent to an activating group) is 1. The average Bonchev–Trinajstić information content (AvgIpc) is 2.48. The molecule has 0 aromatic heterocycles. The van der Waals surface area contributed by atoms with Crippen molar-refractivity contribution in [3.63, 3.8) is 0 Å². The van der Waals surface area contributed by atoms with Crippen molar-refractivity contribution in [3.05, 3.63) is 46.2 Å². The van der Waals surface area contributed by atoms with E-state index in [9.17, 15) is 5.21 Å². The summed E-state index contributed by atoms with van der Waals surface area (Å²) < 4.78 is 0. The zero-order valence-corrected chi connectivity index (χ0v) is 13.6. The zero-order valence-electron chi connectivity index (χ0n) is 13.6. The van der Waals surface area contributed by atoms with Gasteiger partial charge in [0.25, 0.3) is 0 Å². The molecule has 1 N–H and O–H groups in total. The molecule has 0 aliphatic carbocycles. The molecule has 4 nitrogen and oxygen atoms in total. The SMILES string of the molecule is CCNC/C=C\Cc1c(C)cc(CC)cc1N([O-])OCC. The topological polar surface area (TPSA) is 47.6 Å². The van der Waals surface area contributed by atoms with Crippen LogP contribution in [0.4, 0.5) is 5.69 Å². The summed E-state index contributed by atoms with van der Waals surface area (Å²) in [5, 5.41) is 16.0. The number of aryl methyl sites for hydroxylation is 2. The fourth-order valence-electron chi connectivity index (χ4n) is 2.20. The van der Waals surface area contributed by atoms with Crippen LogP contribution < -0.4 is 10.5 Å². The van der Waals surface area contributed by atoms with Crippen molar-refractivity contribution in [1.29, 1.82) is 0 Å². The third-order valence-corrected chi connectivity index (χ3v) is 3.36. The fraction of sp³-hybridized carbons (Fsp3) is 0.529. The number of hydrogen-bond donors (Lipinski definition) is 1. The summed E-state index contributed by atoms with van der Waals surface area (Å²) in [4.78, 5) is 5.11. The number of hydrogen-bond acceptors (Lipinski definition) is 4. The van der Waals surface area contributed by atoms with Gasteiger partial charge in [0.05, 0.1) is 12.3 Å². The van der Waals surface area contributed by atoms with E-state index in [0.29, 0.717) is 17.5 Å². The monoisotopic (exact) mass is 291 g/mol. The van der Waals surface area contributed by atoms with Gasteiger partial charge in [0.2, 0.25) is 0 Å². The van der Waals surface area contributed by atoms with E-state index in [2.05, 4.69) is 44.3 Å². The minimum absolute atomic E-state index is 0.370. The lowest BCUT2D eigenvalue weighted by molar-refractivity contribution is 0.145. The van der Waals surface area contributed by atoms with Gasteiger partial charge in [-0.3, -0.25) is 4.84 Å². The first kappa shape index (κ1) is 17.7. The Morgan fingerprint density at radius 2 is 2.00 bits per heavy atom. The first-order valence-electron chi connectivity index (χ1n) is 7.72. The van der Waals surface area contributed by atoms with Gasteiger partial charge in [-0.1, -0.05) is 32.1 Å². The van der Waals surface area contributed by atoms with E-state index in [1.165, 1.54) is 0 Å². The molecular weight excluding hydrogens is 264 g/mol. The smallest absolute Gasteiger partial charge is 0.0710 e. The number of benzene rings is 1. The van der Waals surface area contributed by atoms with Gasteiger partial charge >= 0.3 is 0 Å². The van der Waals surface area contributed by atoms with Crippen LogP contribution >= 0.6 is 0 Å². The van der Waals surface area contributed by atoms with E-state index in [1.54, 1.807) is 0 Å². The Morgan fingerprint density at radius 1 is 1.24 bits per heavy atom. The van der Waals surface area contributed by atoms with Crippen molar-refractivity contribution < 1.29 is 4.84 Å². The minimum atomic E-state index is 0.370. The van der Waals surface area contributed by atoms with Crippen molar-refractivity contribution in [2.75, 3.05) is 24.9 Å². The van der Waals surface area contributed by atoms with E-state index in [1.807, 2.05) is 13.0 Å². The quantitative estimate of drug-likeness (QED) is 0.429. The van der Waals surface area contributed by atoms with Gasteiger partial charge in [0, 0.05) is 6.54 Å². The Kier molecular flexibility index (Phi) is 8.05. The minimum Gasteiger partial charge on any atom is -0.733 e. The number of nitrogens with zero attached hydrogens (tertiary/aromatic N) is 1. The van der Waals surface area contributed by atoms with Crippen LogP contribution in [-0.2, 0) is 17.7 Å². The number of allylic oxidation sites excluding steroid dienone is 1. The molecule has 0 aliphatic heterocycles. The first-order valence-corrected chi connectivity index (χ1v) is 7.72. The summed E-state index contributed by atoms with van der Waals surface area (Å²) in [5.74, 6) is 0. The van der Waals surface area contributed by atoms with E-state index >= 15 is 0 Å². The molecule has 0 amide bonds. The molecule has 0 aliphatic rings. The van der Waals surface area contributed by atoms with Crippen LogP contribution in [0.3, 0.4) is 0 Å². The normalized spacial score (nSPS) is 11.3. The second-order valence-electron chi connectivity index (χ2n) is 4.92. The summed E-state index contributed by atoms with van der Waals surface area (Å²) in [6.45, 7) is 10.2. The molecule has 21 heavy (non-hydrogen) atoms. The molecule has 0 heterocycles. The molecule has 0 unspecified atom stereocenters. The van der Waals surface area contributed by atoms with E-state index in [0.717, 1.165) is 42.6 Å². The molecule has 1 aromatic rings. The second-order valence-corrected chi connectivity index (χ2v) is 4.92. The molecule has 0 saturated carbocycles. The lowest BCUT2D eigenvalue weighted by Crippen LogP contribution is -2.17. The summed E-state index contributed by atoms with van der Waals surface area (Å²) in [7, 11) is 0. The molecule has 0 radical (unpaired) electrons. The molecule has 0 fully saturated rings. The highest BCUT2D eigenvalue weighted by molar-refractivity contribution is 5.58. The molecule has 1 rings (SSSR count). The van der Waals surface area contributed by atoms with Crippen LogP contribution in [0.15, 0.2) is 24.3 Å². The maximum Gasteiger partial charge on any atom is 0.0710 e. The van der Waals surface area contributed by atoms with E-state index in [4.69, 9.17) is 4.84 Å². The Balaban J connectivity index is 2.96. The number of nitrogens with one attached hydrogen (secondary N) is 1. The van der Waals surface area contributed by atoms with Crippen LogP contribution in [0.25, 0.3) is 0 Å². The highest BCUT2D eigenvalue weighted by atomic mass is 16.9. The largest absolute Gasteiger partial charge is 0.733 e. The predicted molar refractivity (Wildman–Crippen MR) is 89.4 cm³/mol. The van der Waals surface area contributed by atoms with Gasteiger partial charge in [-0.2, -0.15) is 0 Å². The predicted octanol–water partition coefficient (Wildman–Crippen LogP) is 3.52. The Morgan fingerprint density at radius 3 is 2.62 bits per heavy atom. The molecule has 4 heteroatoms. The van der Waals surface area contributed by atoms with Crippen molar-refractivity contribution in [2.24, 2.45) is 0 Å². The maximum absolute atomic E-state index is 12.1. The van der Waals surface area contributed by atoms with Crippen molar-refractivity contribution in [2.45, 2.75) is 40.5 Å². The summed E-state index contributed by atoms with van der Waals surface area (Å²) in [6, 6.07) is 4.08. The maximum atomic E-state index is 12.1. The highest BCUT2D eigenvalue weighted by Crippen LogP contribution is 2.27. The van der Waals surface area contributed by atoms with Crippen LogP contribution in [0, 0.1) is 12.1 Å². The van der Waals surface area contributed by atoms with Crippen molar-refractivity contribution in [1.82, 2.24) is 5.32 Å². The summed E-state index contributed by atoms with van der Waals surface area (Å²) >= 11 is 0. The Hall–Kier alpha value is -1.36. The van der Waals surface area contributed by atoms with Crippen molar-refractivity contribution in [3.8, 4) is 0 Å². The number of anilines is 1. The first-order chi connectivity index (χ1) is 10.1. The standard InChI is InChI=1S/C17H27N2O2/c1-5-15-12-14(4)16(10-8-9-11-18-6-2)17(13-15)19(20)21-7-3/h8-9,12-13,18H,5-7,10-11H2,1-4H3/q-1/b9-8-. The average molecular weight is 291 g/mol. The Labute approximate surface area is 128 Å². The van der Waals surface area contributed by atoms with E-state index < -0.39 is 0 Å². The number of rotatable bonds is 9. The third kappa shape index (κ3) is 5.50. The van der Waals surface area contributed by atoms with Gasteiger partial charge in [-0.05, 0) is 56.0 Å². The van der Waals surface area contributed by atoms with Crippen LogP contribution in [0.1, 0.15) is 37.5 Å². The van der Waals surface area contributed by atoms with Gasteiger partial charge in [0.1, 0.15) is 0 Å². The molecule has 1 aromatic carbocycles. The lowest BCUT2D eigenvalue weighted by atomic mass is 9.99. The molecule has 0 bridgehead atoms. The highest BCUT2D eigenvalue weighted by Gasteiger charge is 2.09. The lowest BCUT2D eigenvalue weighted by Gasteiger charge is -2.31. The Bertz CT molecular complexity index is 458. The molecule has 0 spiro atoms. The molecule has 0 atom stereocenters. The van der Waals surface area contributed by atoms with Crippen LogP contribution in [0.2, 0.25) is 0 Å². The molecular formula is C17H27N2O2-. The zero-order chi connectivity index (χ0) is 15.7. The van der Waals surface area contributed by atoms with Gasteiger partial charge in [-0.25, -0.2) is 0 Å². The van der Waals surface area contributed by atoms with Gasteiger partial charge < -0.3 is 15.8 Å².